The van der Waals surface area contributed by atoms with Gasteiger partial charge in [-0.15, -0.1) is 0 Å². The summed E-state index contributed by atoms with van der Waals surface area (Å²) in [5.41, 5.74) is 1.55. The lowest BCUT2D eigenvalue weighted by molar-refractivity contribution is 0.572. The van der Waals surface area contributed by atoms with Gasteiger partial charge in [-0.25, -0.2) is 32.2 Å². The van der Waals surface area contributed by atoms with Crippen molar-refractivity contribution in [1.29, 1.82) is 0 Å². The fourth-order valence-corrected chi connectivity index (χ4v) is 6.17. The Labute approximate surface area is 212 Å². The molecule has 0 radical (unpaired) electrons. The van der Waals surface area contributed by atoms with Gasteiger partial charge in [0.15, 0.2) is 5.82 Å². The van der Waals surface area contributed by atoms with E-state index in [1.165, 1.54) is 10.9 Å². The second-order valence-electron chi connectivity index (χ2n) is 9.40. The zero-order chi connectivity index (χ0) is 25.6. The molecule has 9 nitrogen and oxygen atoms in total. The lowest BCUT2D eigenvalue weighted by atomic mass is 10.1. The van der Waals surface area contributed by atoms with Crippen LogP contribution in [0.15, 0.2) is 49.2 Å². The molecular weight excluding hydrogens is 500 g/mol. The number of nitrogens with zero attached hydrogens (tertiary/aromatic N) is 5. The van der Waals surface area contributed by atoms with Crippen LogP contribution in [0.5, 0.6) is 0 Å². The van der Waals surface area contributed by atoms with Crippen molar-refractivity contribution in [3.63, 3.8) is 0 Å². The summed E-state index contributed by atoms with van der Waals surface area (Å²) < 4.78 is 59.6. The van der Waals surface area contributed by atoms with Gasteiger partial charge in [-0.1, -0.05) is 0 Å². The Hall–Kier alpha value is -3.64. The molecule has 192 valence electrons. The van der Waals surface area contributed by atoms with Gasteiger partial charge in [-0.05, 0) is 43.0 Å². The molecule has 0 unspecified atom stereocenters. The summed E-state index contributed by atoms with van der Waals surface area (Å²) in [4.78, 5) is 15.2. The maximum atomic E-state index is 15.8. The fourth-order valence-electron chi connectivity index (χ4n) is 4.64. The predicted molar refractivity (Wildman–Crippen MR) is 137 cm³/mol. The SMILES string of the molecule is O=S(=O)(CC1CC1)Nc1ccc(F)c(-n2cc(-c3cncnc3)c3nc(N4CCNCC4)ccc32)c1F. The molecule has 1 aromatic carbocycles. The van der Waals surface area contributed by atoms with E-state index in [1.807, 2.05) is 6.07 Å². The van der Waals surface area contributed by atoms with Gasteiger partial charge in [0, 0.05) is 55.9 Å². The Morgan fingerprint density at radius 3 is 2.54 bits per heavy atom. The average molecular weight is 526 g/mol. The summed E-state index contributed by atoms with van der Waals surface area (Å²) >= 11 is 0. The third-order valence-corrected chi connectivity index (χ3v) is 8.11. The number of sulfonamides is 1. The summed E-state index contributed by atoms with van der Waals surface area (Å²) in [7, 11) is -3.77. The highest BCUT2D eigenvalue weighted by Gasteiger charge is 2.29. The third kappa shape index (κ3) is 4.74. The zero-order valence-corrected chi connectivity index (χ0v) is 20.7. The Balaban J connectivity index is 1.49. The van der Waals surface area contributed by atoms with Crippen molar-refractivity contribution in [1.82, 2.24) is 24.8 Å². The van der Waals surface area contributed by atoms with Crippen LogP contribution in [0.3, 0.4) is 0 Å². The molecule has 1 saturated carbocycles. The van der Waals surface area contributed by atoms with E-state index in [0.29, 0.717) is 22.2 Å². The number of pyridine rings is 1. The molecule has 1 aliphatic heterocycles. The normalized spacial score (nSPS) is 16.3. The number of nitrogens with one attached hydrogen (secondary N) is 2. The molecule has 3 aromatic heterocycles. The number of hydrogen-bond acceptors (Lipinski definition) is 7. The van der Waals surface area contributed by atoms with Crippen molar-refractivity contribution < 1.29 is 17.2 Å². The second kappa shape index (κ2) is 9.34. The van der Waals surface area contributed by atoms with Gasteiger partial charge in [0.1, 0.15) is 23.6 Å². The summed E-state index contributed by atoms with van der Waals surface area (Å²) in [6.45, 7) is 3.24. The van der Waals surface area contributed by atoms with Crippen molar-refractivity contribution in [2.75, 3.05) is 41.6 Å². The maximum absolute atomic E-state index is 15.8. The van der Waals surface area contributed by atoms with Gasteiger partial charge in [0.25, 0.3) is 0 Å². The highest BCUT2D eigenvalue weighted by atomic mass is 32.2. The first-order valence-electron chi connectivity index (χ1n) is 12.1. The first kappa shape index (κ1) is 23.7. The first-order chi connectivity index (χ1) is 17.9. The minimum atomic E-state index is -3.77. The van der Waals surface area contributed by atoms with Crippen molar-refractivity contribution in [3.8, 4) is 16.8 Å². The van der Waals surface area contributed by atoms with Crippen LogP contribution in [0, 0.1) is 17.6 Å². The lowest BCUT2D eigenvalue weighted by Gasteiger charge is -2.28. The summed E-state index contributed by atoms with van der Waals surface area (Å²) in [5.74, 6) is -1.07. The van der Waals surface area contributed by atoms with Gasteiger partial charge in [-0.3, -0.25) is 4.72 Å². The van der Waals surface area contributed by atoms with E-state index in [1.54, 1.807) is 24.7 Å². The largest absolute Gasteiger partial charge is 0.354 e. The standard InChI is InChI=1S/C25H25F2N7O2S/c26-19-3-4-20(32-37(35,36)14-16-1-2-16)23(27)25(19)34-13-18(17-11-29-15-30-12-17)24-21(34)5-6-22(31-24)33-9-7-28-8-10-33/h3-6,11-13,15-16,28,32H,1-2,7-10,14H2. The molecule has 1 saturated heterocycles. The average Bonchev–Trinajstić information content (AvgIpc) is 3.63. The Bertz CT molecular complexity index is 1570. The topological polar surface area (TPSA) is 105 Å². The van der Waals surface area contributed by atoms with Crippen molar-refractivity contribution >= 4 is 32.6 Å². The molecule has 2 fully saturated rings. The Kier molecular flexibility index (Phi) is 6.00. The van der Waals surface area contributed by atoms with Gasteiger partial charge in [0.05, 0.1) is 22.5 Å². The molecular formula is C25H25F2N7O2S. The quantitative estimate of drug-likeness (QED) is 0.381. The van der Waals surface area contributed by atoms with E-state index < -0.39 is 27.3 Å². The van der Waals surface area contributed by atoms with E-state index in [0.717, 1.165) is 57.0 Å². The molecule has 0 amide bonds. The van der Waals surface area contributed by atoms with Crippen LogP contribution >= 0.6 is 0 Å². The molecule has 2 N–H and O–H groups in total. The highest BCUT2D eigenvalue weighted by Crippen LogP contribution is 2.36. The maximum Gasteiger partial charge on any atom is 0.233 e. The van der Waals surface area contributed by atoms with Crippen LogP contribution in [0.2, 0.25) is 0 Å². The van der Waals surface area contributed by atoms with Crippen molar-refractivity contribution in [3.05, 3.63) is 60.8 Å². The van der Waals surface area contributed by atoms with E-state index in [-0.39, 0.29) is 17.4 Å². The minimum absolute atomic E-state index is 0.0809. The van der Waals surface area contributed by atoms with Crippen LogP contribution in [0.25, 0.3) is 27.8 Å². The van der Waals surface area contributed by atoms with E-state index in [4.69, 9.17) is 4.98 Å². The van der Waals surface area contributed by atoms with Crippen molar-refractivity contribution in [2.45, 2.75) is 12.8 Å². The predicted octanol–water partition coefficient (Wildman–Crippen LogP) is 3.32. The highest BCUT2D eigenvalue weighted by molar-refractivity contribution is 7.92. The van der Waals surface area contributed by atoms with Crippen LogP contribution in [-0.2, 0) is 10.0 Å². The summed E-state index contributed by atoms with van der Waals surface area (Å²) in [6.07, 6.45) is 7.88. The number of halogens is 2. The van der Waals surface area contributed by atoms with Gasteiger partial charge in [0.2, 0.25) is 10.0 Å². The van der Waals surface area contributed by atoms with E-state index >= 15 is 8.78 Å². The Morgan fingerprint density at radius 2 is 1.81 bits per heavy atom. The molecule has 4 aromatic rings. The molecule has 0 atom stereocenters. The number of aromatic nitrogens is 4. The summed E-state index contributed by atoms with van der Waals surface area (Å²) in [6, 6.07) is 5.77. The lowest BCUT2D eigenvalue weighted by Crippen LogP contribution is -2.43. The second-order valence-corrected chi connectivity index (χ2v) is 11.2. The monoisotopic (exact) mass is 525 g/mol. The number of fused-ring (bicyclic) bond motifs is 1. The van der Waals surface area contributed by atoms with Gasteiger partial charge in [-0.2, -0.15) is 0 Å². The summed E-state index contributed by atoms with van der Waals surface area (Å²) in [5, 5.41) is 3.31. The molecule has 37 heavy (non-hydrogen) atoms. The fraction of sp³-hybridized carbons (Fsp3) is 0.320. The van der Waals surface area contributed by atoms with Crippen molar-refractivity contribution in [2.24, 2.45) is 5.92 Å². The van der Waals surface area contributed by atoms with Crippen LogP contribution in [0.4, 0.5) is 20.3 Å². The van der Waals surface area contributed by atoms with Crippen LogP contribution in [0.1, 0.15) is 12.8 Å². The minimum Gasteiger partial charge on any atom is -0.354 e. The Morgan fingerprint density at radius 1 is 1.05 bits per heavy atom. The molecule has 6 rings (SSSR count). The number of piperazine rings is 1. The zero-order valence-electron chi connectivity index (χ0n) is 19.9. The number of benzene rings is 1. The third-order valence-electron chi connectivity index (χ3n) is 6.67. The number of anilines is 2. The number of hydrogen-bond donors (Lipinski definition) is 2. The van der Waals surface area contributed by atoms with E-state index in [9.17, 15) is 8.42 Å². The molecule has 0 bridgehead atoms. The van der Waals surface area contributed by atoms with E-state index in [2.05, 4.69) is 24.9 Å². The first-order valence-corrected chi connectivity index (χ1v) is 13.8. The van der Waals surface area contributed by atoms with Gasteiger partial charge >= 0.3 is 0 Å². The smallest absolute Gasteiger partial charge is 0.233 e. The molecule has 4 heterocycles. The molecule has 1 aliphatic carbocycles. The number of rotatable bonds is 7. The molecule has 12 heteroatoms. The van der Waals surface area contributed by atoms with Gasteiger partial charge < -0.3 is 14.8 Å². The molecule has 0 spiro atoms. The van der Waals surface area contributed by atoms with Crippen LogP contribution in [-0.4, -0.2) is 59.9 Å². The molecule has 2 aliphatic rings. The van der Waals surface area contributed by atoms with Crippen LogP contribution < -0.4 is 14.9 Å².